The summed E-state index contributed by atoms with van der Waals surface area (Å²) in [7, 11) is 0. The molecule has 28 heavy (non-hydrogen) atoms. The van der Waals surface area contributed by atoms with E-state index in [1.807, 2.05) is 0 Å². The lowest BCUT2D eigenvalue weighted by molar-refractivity contribution is -0.387. The third kappa shape index (κ3) is 4.79. The maximum Gasteiger partial charge on any atom is 0.284 e. The third-order valence-electron chi connectivity index (χ3n) is 4.15. The smallest absolute Gasteiger partial charge is 0.258 e. The van der Waals surface area contributed by atoms with E-state index in [1.165, 1.54) is 23.9 Å². The van der Waals surface area contributed by atoms with E-state index in [0.717, 1.165) is 29.0 Å². The van der Waals surface area contributed by atoms with Gasteiger partial charge in [0.15, 0.2) is 0 Å². The summed E-state index contributed by atoms with van der Waals surface area (Å²) in [5, 5.41) is 22.5. The molecule has 0 amide bonds. The number of hydrogen-bond acceptors (Lipinski definition) is 7. The minimum absolute atomic E-state index is 0.0120. The van der Waals surface area contributed by atoms with Crippen molar-refractivity contribution in [2.45, 2.75) is 29.6 Å². The quantitative estimate of drug-likeness (QED) is 0.323. The van der Waals surface area contributed by atoms with Crippen LogP contribution >= 0.6 is 23.7 Å². The molecular weight excluding hydrogens is 398 g/mol. The first-order valence-corrected chi connectivity index (χ1v) is 10.2. The highest BCUT2D eigenvalue weighted by molar-refractivity contribution is 8.04. The van der Waals surface area contributed by atoms with Crippen LogP contribution in [-0.4, -0.2) is 15.6 Å². The van der Waals surface area contributed by atoms with Crippen molar-refractivity contribution in [3.63, 3.8) is 0 Å². The highest BCUT2D eigenvalue weighted by Gasteiger charge is 2.22. The molecule has 1 aliphatic rings. The standard InChI is InChI=1S/C19H17N3O4S2/c1-13-10-11-14(20-28-18-9-5-3-7-16(18)22(25)26)19(12-13)27-17-8-4-2-6-15(17)21(23)24/h2-9,12-13H,10-11H2,1H3/b20-14-. The first kappa shape index (κ1) is 20.1. The molecule has 0 saturated carbocycles. The molecule has 3 rings (SSSR count). The summed E-state index contributed by atoms with van der Waals surface area (Å²) in [5.74, 6) is 0.334. The minimum atomic E-state index is -0.426. The van der Waals surface area contributed by atoms with Gasteiger partial charge in [-0.25, -0.2) is 4.40 Å². The van der Waals surface area contributed by atoms with Crippen molar-refractivity contribution in [1.82, 2.24) is 0 Å². The number of nitro benzene ring substituents is 2. The first-order chi connectivity index (χ1) is 13.5. The summed E-state index contributed by atoms with van der Waals surface area (Å²) < 4.78 is 4.55. The van der Waals surface area contributed by atoms with E-state index in [2.05, 4.69) is 17.4 Å². The third-order valence-corrected chi connectivity index (χ3v) is 6.17. The lowest BCUT2D eigenvalue weighted by Gasteiger charge is -2.19. The predicted molar refractivity (Wildman–Crippen MR) is 112 cm³/mol. The van der Waals surface area contributed by atoms with Crippen LogP contribution in [0.2, 0.25) is 0 Å². The fourth-order valence-corrected chi connectivity index (χ4v) is 4.74. The van der Waals surface area contributed by atoms with Crippen LogP contribution in [0.3, 0.4) is 0 Å². The molecule has 2 aromatic carbocycles. The molecule has 0 bridgehead atoms. The van der Waals surface area contributed by atoms with E-state index >= 15 is 0 Å². The van der Waals surface area contributed by atoms with Gasteiger partial charge in [0.25, 0.3) is 11.4 Å². The van der Waals surface area contributed by atoms with Gasteiger partial charge in [0, 0.05) is 29.0 Å². The van der Waals surface area contributed by atoms with Gasteiger partial charge in [-0.15, -0.1) is 0 Å². The fourth-order valence-electron chi connectivity index (χ4n) is 2.71. The topological polar surface area (TPSA) is 98.6 Å². The number of benzene rings is 2. The number of rotatable bonds is 6. The number of thioether (sulfide) groups is 1. The zero-order chi connectivity index (χ0) is 20.1. The largest absolute Gasteiger partial charge is 0.284 e. The molecule has 0 heterocycles. The zero-order valence-corrected chi connectivity index (χ0v) is 16.6. The number of para-hydroxylation sites is 2. The highest BCUT2D eigenvalue weighted by Crippen LogP contribution is 2.40. The Kier molecular flexibility index (Phi) is 6.48. The SMILES string of the molecule is CC1C=C(Sc2ccccc2[N+](=O)[O-])/C(=N\Sc2ccccc2[N+](=O)[O-])CC1. The second-order valence-corrected chi connectivity index (χ2v) is 8.12. The number of hydrogen-bond donors (Lipinski definition) is 0. The molecule has 0 fully saturated rings. The van der Waals surface area contributed by atoms with Crippen LogP contribution in [-0.2, 0) is 0 Å². The molecule has 0 saturated heterocycles. The Balaban J connectivity index is 1.89. The van der Waals surface area contributed by atoms with E-state index in [0.29, 0.717) is 22.1 Å². The molecule has 0 spiro atoms. The molecule has 144 valence electrons. The Hall–Kier alpha value is -2.65. The molecule has 7 nitrogen and oxygen atoms in total. The van der Waals surface area contributed by atoms with Gasteiger partial charge in [-0.05, 0) is 30.9 Å². The van der Waals surface area contributed by atoms with Crippen molar-refractivity contribution in [3.05, 3.63) is 79.7 Å². The van der Waals surface area contributed by atoms with Crippen LogP contribution in [0.1, 0.15) is 19.8 Å². The van der Waals surface area contributed by atoms with Crippen molar-refractivity contribution in [2.24, 2.45) is 10.3 Å². The van der Waals surface area contributed by atoms with Crippen LogP contribution in [0.25, 0.3) is 0 Å². The van der Waals surface area contributed by atoms with Gasteiger partial charge in [-0.1, -0.05) is 49.0 Å². The van der Waals surface area contributed by atoms with Gasteiger partial charge in [0.1, 0.15) is 4.90 Å². The van der Waals surface area contributed by atoms with E-state index in [4.69, 9.17) is 0 Å². The Morgan fingerprint density at radius 3 is 2.18 bits per heavy atom. The average molecular weight is 415 g/mol. The predicted octanol–water partition coefficient (Wildman–Crippen LogP) is 6.06. The Labute approximate surface area is 170 Å². The average Bonchev–Trinajstić information content (AvgIpc) is 2.68. The summed E-state index contributed by atoms with van der Waals surface area (Å²) in [4.78, 5) is 23.5. The van der Waals surface area contributed by atoms with E-state index in [9.17, 15) is 20.2 Å². The summed E-state index contributed by atoms with van der Waals surface area (Å²) in [6.45, 7) is 2.09. The molecule has 2 aromatic rings. The van der Waals surface area contributed by atoms with Gasteiger partial charge >= 0.3 is 0 Å². The van der Waals surface area contributed by atoms with E-state index < -0.39 is 9.85 Å². The van der Waals surface area contributed by atoms with Crippen LogP contribution in [0, 0.1) is 26.1 Å². The van der Waals surface area contributed by atoms with Gasteiger partial charge < -0.3 is 0 Å². The molecule has 1 unspecified atom stereocenters. The molecule has 0 aromatic heterocycles. The number of nitro groups is 2. The van der Waals surface area contributed by atoms with Crippen molar-refractivity contribution in [2.75, 3.05) is 0 Å². The molecule has 1 aliphatic carbocycles. The van der Waals surface area contributed by atoms with Crippen molar-refractivity contribution < 1.29 is 9.85 Å². The summed E-state index contributed by atoms with van der Waals surface area (Å²) in [5.41, 5.74) is 0.861. The number of allylic oxidation sites excluding steroid dienone is 2. The molecule has 0 aliphatic heterocycles. The zero-order valence-electron chi connectivity index (χ0n) is 15.0. The lowest BCUT2D eigenvalue weighted by atomic mass is 9.96. The lowest BCUT2D eigenvalue weighted by Crippen LogP contribution is -2.10. The van der Waals surface area contributed by atoms with Crippen molar-refractivity contribution in [3.8, 4) is 0 Å². The Bertz CT molecular complexity index is 975. The maximum atomic E-state index is 11.3. The normalized spacial score (nSPS) is 18.0. The monoisotopic (exact) mass is 415 g/mol. The minimum Gasteiger partial charge on any atom is -0.258 e. The summed E-state index contributed by atoms with van der Waals surface area (Å²) in [6, 6.07) is 13.1. The van der Waals surface area contributed by atoms with Gasteiger partial charge in [-0.3, -0.25) is 20.2 Å². The van der Waals surface area contributed by atoms with Gasteiger partial charge in [0.05, 0.1) is 20.5 Å². The Morgan fingerprint density at radius 1 is 0.964 bits per heavy atom. The van der Waals surface area contributed by atoms with E-state index in [1.54, 1.807) is 36.4 Å². The van der Waals surface area contributed by atoms with Gasteiger partial charge in [-0.2, -0.15) is 0 Å². The molecule has 0 radical (unpaired) electrons. The van der Waals surface area contributed by atoms with Crippen LogP contribution < -0.4 is 0 Å². The molecular formula is C19H17N3O4S2. The van der Waals surface area contributed by atoms with E-state index in [-0.39, 0.29) is 11.4 Å². The van der Waals surface area contributed by atoms with Crippen molar-refractivity contribution in [1.29, 1.82) is 0 Å². The van der Waals surface area contributed by atoms with Crippen molar-refractivity contribution >= 4 is 40.8 Å². The summed E-state index contributed by atoms with van der Waals surface area (Å²) in [6.07, 6.45) is 3.69. The van der Waals surface area contributed by atoms with Crippen LogP contribution in [0.5, 0.6) is 0 Å². The summed E-state index contributed by atoms with van der Waals surface area (Å²) >= 11 is 2.38. The number of nitrogens with zero attached hydrogens (tertiary/aromatic N) is 3. The fraction of sp³-hybridized carbons (Fsp3) is 0.211. The first-order valence-electron chi connectivity index (χ1n) is 8.56. The molecule has 0 N–H and O–H groups in total. The highest BCUT2D eigenvalue weighted by atomic mass is 32.2. The maximum absolute atomic E-state index is 11.3. The Morgan fingerprint density at radius 2 is 1.54 bits per heavy atom. The molecule has 9 heteroatoms. The second-order valence-electron chi connectivity index (χ2n) is 6.23. The van der Waals surface area contributed by atoms with Crippen LogP contribution in [0.15, 0.2) is 73.7 Å². The van der Waals surface area contributed by atoms with Gasteiger partial charge in [0.2, 0.25) is 0 Å². The molecule has 1 atom stereocenters. The second kappa shape index (κ2) is 9.03. The van der Waals surface area contributed by atoms with Crippen LogP contribution in [0.4, 0.5) is 11.4 Å².